The SMILES string of the molecule is CCNC(=NCC1CCCN(C)C1)N1CCc2ccccc21.I. The molecule has 4 nitrogen and oxygen atoms in total. The molecular weight excluding hydrogens is 399 g/mol. The summed E-state index contributed by atoms with van der Waals surface area (Å²) in [7, 11) is 2.22. The largest absolute Gasteiger partial charge is 0.356 e. The van der Waals surface area contributed by atoms with E-state index in [1.54, 1.807) is 0 Å². The van der Waals surface area contributed by atoms with E-state index in [1.165, 1.54) is 37.2 Å². The average Bonchev–Trinajstić information content (AvgIpc) is 2.95. The minimum atomic E-state index is 0. The fourth-order valence-corrected chi connectivity index (χ4v) is 3.59. The lowest BCUT2D eigenvalue weighted by atomic mass is 9.99. The van der Waals surface area contributed by atoms with Crippen molar-refractivity contribution in [2.45, 2.75) is 26.2 Å². The maximum atomic E-state index is 4.96. The van der Waals surface area contributed by atoms with Crippen molar-refractivity contribution >= 4 is 35.6 Å². The van der Waals surface area contributed by atoms with Crippen molar-refractivity contribution in [2.24, 2.45) is 10.9 Å². The molecule has 2 heterocycles. The fraction of sp³-hybridized carbons (Fsp3) is 0.611. The van der Waals surface area contributed by atoms with Gasteiger partial charge in [0.25, 0.3) is 0 Å². The van der Waals surface area contributed by atoms with Crippen molar-refractivity contribution in [3.8, 4) is 0 Å². The summed E-state index contributed by atoms with van der Waals surface area (Å²) in [6.07, 6.45) is 3.73. The Balaban J connectivity index is 0.00000192. The van der Waals surface area contributed by atoms with Gasteiger partial charge in [0.05, 0.1) is 0 Å². The second-order valence-corrected chi connectivity index (χ2v) is 6.50. The summed E-state index contributed by atoms with van der Waals surface area (Å²) in [6, 6.07) is 8.69. The Labute approximate surface area is 157 Å². The molecule has 1 atom stereocenters. The number of piperidine rings is 1. The van der Waals surface area contributed by atoms with Crippen LogP contribution in [0.2, 0.25) is 0 Å². The molecule has 0 aromatic heterocycles. The van der Waals surface area contributed by atoms with E-state index in [0.717, 1.165) is 32.0 Å². The lowest BCUT2D eigenvalue weighted by Gasteiger charge is -2.29. The molecule has 0 aliphatic carbocycles. The lowest BCUT2D eigenvalue weighted by Crippen LogP contribution is -2.41. The number of likely N-dealkylation sites (tertiary alicyclic amines) is 1. The lowest BCUT2D eigenvalue weighted by molar-refractivity contribution is 0.214. The zero-order chi connectivity index (χ0) is 15.4. The van der Waals surface area contributed by atoms with Gasteiger partial charge in [-0.15, -0.1) is 24.0 Å². The van der Waals surface area contributed by atoms with Gasteiger partial charge in [-0.3, -0.25) is 4.99 Å². The number of hydrogen-bond acceptors (Lipinski definition) is 2. The molecule has 1 N–H and O–H groups in total. The first-order chi connectivity index (χ1) is 10.8. The zero-order valence-electron chi connectivity index (χ0n) is 14.3. The number of hydrogen-bond donors (Lipinski definition) is 1. The van der Waals surface area contributed by atoms with E-state index in [0.29, 0.717) is 5.92 Å². The van der Waals surface area contributed by atoms with Crippen LogP contribution in [0.5, 0.6) is 0 Å². The molecule has 1 unspecified atom stereocenters. The minimum absolute atomic E-state index is 0. The van der Waals surface area contributed by atoms with Gasteiger partial charge in [-0.2, -0.15) is 0 Å². The number of aliphatic imine (C=N–C) groups is 1. The Morgan fingerprint density at radius 1 is 1.30 bits per heavy atom. The molecule has 1 aromatic rings. The molecule has 5 heteroatoms. The Morgan fingerprint density at radius 3 is 2.91 bits per heavy atom. The fourth-order valence-electron chi connectivity index (χ4n) is 3.59. The van der Waals surface area contributed by atoms with Gasteiger partial charge in [0.2, 0.25) is 0 Å². The standard InChI is InChI=1S/C18H28N4.HI/c1-3-19-18(20-13-15-7-6-11-21(2)14-15)22-12-10-16-8-4-5-9-17(16)22;/h4-5,8-9,15H,3,6-7,10-14H2,1-2H3,(H,19,20);1H. The molecule has 0 amide bonds. The van der Waals surface area contributed by atoms with E-state index in [-0.39, 0.29) is 24.0 Å². The zero-order valence-corrected chi connectivity index (χ0v) is 16.6. The van der Waals surface area contributed by atoms with Crippen LogP contribution < -0.4 is 10.2 Å². The maximum absolute atomic E-state index is 4.96. The molecule has 2 aliphatic rings. The first-order valence-corrected chi connectivity index (χ1v) is 8.60. The number of rotatable bonds is 3. The summed E-state index contributed by atoms with van der Waals surface area (Å²) in [5.74, 6) is 1.76. The first kappa shape index (κ1) is 18.5. The topological polar surface area (TPSA) is 30.9 Å². The summed E-state index contributed by atoms with van der Waals surface area (Å²) in [4.78, 5) is 9.74. The molecular formula is C18H29IN4. The summed E-state index contributed by atoms with van der Waals surface area (Å²) in [6.45, 7) is 7.45. The molecule has 0 saturated carbocycles. The van der Waals surface area contributed by atoms with Crippen molar-refractivity contribution in [1.29, 1.82) is 0 Å². The second kappa shape index (κ2) is 8.87. The van der Waals surface area contributed by atoms with Gasteiger partial charge in [0.15, 0.2) is 5.96 Å². The van der Waals surface area contributed by atoms with E-state index in [1.807, 2.05) is 0 Å². The molecule has 0 radical (unpaired) electrons. The summed E-state index contributed by atoms with van der Waals surface area (Å²) in [5.41, 5.74) is 2.76. The summed E-state index contributed by atoms with van der Waals surface area (Å²) < 4.78 is 0. The van der Waals surface area contributed by atoms with Gasteiger partial charge in [-0.05, 0) is 57.3 Å². The van der Waals surface area contributed by atoms with E-state index in [2.05, 4.69) is 53.4 Å². The van der Waals surface area contributed by atoms with E-state index >= 15 is 0 Å². The third-order valence-corrected chi connectivity index (χ3v) is 4.70. The molecule has 3 rings (SSSR count). The van der Waals surface area contributed by atoms with Gasteiger partial charge in [-0.25, -0.2) is 0 Å². The predicted octanol–water partition coefficient (Wildman–Crippen LogP) is 2.97. The summed E-state index contributed by atoms with van der Waals surface area (Å²) in [5, 5.41) is 3.48. The van der Waals surface area contributed by atoms with Gasteiger partial charge in [-0.1, -0.05) is 18.2 Å². The van der Waals surface area contributed by atoms with Gasteiger partial charge >= 0.3 is 0 Å². The molecule has 128 valence electrons. The van der Waals surface area contributed by atoms with Crippen LogP contribution in [-0.4, -0.2) is 50.6 Å². The van der Waals surface area contributed by atoms with Crippen LogP contribution in [0.4, 0.5) is 5.69 Å². The molecule has 1 fully saturated rings. The van der Waals surface area contributed by atoms with Crippen molar-refractivity contribution in [3.63, 3.8) is 0 Å². The maximum Gasteiger partial charge on any atom is 0.198 e. The van der Waals surface area contributed by atoms with Gasteiger partial charge < -0.3 is 15.1 Å². The highest BCUT2D eigenvalue weighted by atomic mass is 127. The highest BCUT2D eigenvalue weighted by molar-refractivity contribution is 14.0. The molecule has 23 heavy (non-hydrogen) atoms. The number of guanidine groups is 1. The first-order valence-electron chi connectivity index (χ1n) is 8.60. The van der Waals surface area contributed by atoms with Crippen molar-refractivity contribution in [3.05, 3.63) is 29.8 Å². The number of fused-ring (bicyclic) bond motifs is 1. The van der Waals surface area contributed by atoms with Crippen LogP contribution in [0.15, 0.2) is 29.3 Å². The van der Waals surface area contributed by atoms with Crippen molar-refractivity contribution < 1.29 is 0 Å². The molecule has 1 aromatic carbocycles. The van der Waals surface area contributed by atoms with Crippen molar-refractivity contribution in [1.82, 2.24) is 10.2 Å². The average molecular weight is 428 g/mol. The molecule has 1 saturated heterocycles. The van der Waals surface area contributed by atoms with Crippen molar-refractivity contribution in [2.75, 3.05) is 44.7 Å². The molecule has 2 aliphatic heterocycles. The van der Waals surface area contributed by atoms with Crippen LogP contribution in [0.1, 0.15) is 25.3 Å². The normalized spacial score (nSPS) is 21.7. The smallest absolute Gasteiger partial charge is 0.198 e. The Morgan fingerprint density at radius 2 is 2.13 bits per heavy atom. The van der Waals surface area contributed by atoms with Crippen LogP contribution >= 0.6 is 24.0 Å². The Bertz CT molecular complexity index is 532. The van der Waals surface area contributed by atoms with E-state index in [9.17, 15) is 0 Å². The quantitative estimate of drug-likeness (QED) is 0.456. The van der Waals surface area contributed by atoms with Crippen LogP contribution in [0.3, 0.4) is 0 Å². The highest BCUT2D eigenvalue weighted by Crippen LogP contribution is 2.27. The van der Waals surface area contributed by atoms with Crippen LogP contribution in [-0.2, 0) is 6.42 Å². The Kier molecular flexibility index (Phi) is 7.14. The predicted molar refractivity (Wildman–Crippen MR) is 109 cm³/mol. The number of nitrogens with zero attached hydrogens (tertiary/aromatic N) is 3. The number of nitrogens with one attached hydrogen (secondary N) is 1. The summed E-state index contributed by atoms with van der Waals surface area (Å²) >= 11 is 0. The van der Waals surface area contributed by atoms with Crippen LogP contribution in [0, 0.1) is 5.92 Å². The molecule has 0 bridgehead atoms. The minimum Gasteiger partial charge on any atom is -0.356 e. The number of halogens is 1. The molecule has 0 spiro atoms. The Hall–Kier alpha value is -0.820. The van der Waals surface area contributed by atoms with E-state index < -0.39 is 0 Å². The second-order valence-electron chi connectivity index (χ2n) is 6.50. The number of para-hydroxylation sites is 1. The highest BCUT2D eigenvalue weighted by Gasteiger charge is 2.23. The van der Waals surface area contributed by atoms with E-state index in [4.69, 9.17) is 4.99 Å². The van der Waals surface area contributed by atoms with Gasteiger partial charge in [0, 0.05) is 31.9 Å². The monoisotopic (exact) mass is 428 g/mol. The van der Waals surface area contributed by atoms with Gasteiger partial charge in [0.1, 0.15) is 0 Å². The third-order valence-electron chi connectivity index (χ3n) is 4.70. The third kappa shape index (κ3) is 4.59. The number of benzene rings is 1. The number of anilines is 1. The van der Waals surface area contributed by atoms with Crippen LogP contribution in [0.25, 0.3) is 0 Å².